The second-order valence-electron chi connectivity index (χ2n) is 5.16. The van der Waals surface area contributed by atoms with E-state index in [2.05, 4.69) is 81.8 Å². The van der Waals surface area contributed by atoms with Crippen LogP contribution in [0.25, 0.3) is 5.70 Å². The fourth-order valence-corrected chi connectivity index (χ4v) is 2.27. The van der Waals surface area contributed by atoms with Crippen molar-refractivity contribution in [3.8, 4) is 0 Å². The second-order valence-corrected chi connectivity index (χ2v) is 5.16. The highest BCUT2D eigenvalue weighted by Gasteiger charge is 2.09. The van der Waals surface area contributed by atoms with Gasteiger partial charge < -0.3 is 4.90 Å². The van der Waals surface area contributed by atoms with Crippen LogP contribution in [0.1, 0.15) is 22.3 Å². The molecular weight excluding hydrogens is 230 g/mol. The van der Waals surface area contributed by atoms with E-state index in [1.807, 2.05) is 0 Å². The molecule has 2 rings (SSSR count). The lowest BCUT2D eigenvalue weighted by Crippen LogP contribution is -2.15. The minimum atomic E-state index is 1.02. The van der Waals surface area contributed by atoms with E-state index in [0.29, 0.717) is 0 Å². The topological polar surface area (TPSA) is 3.24 Å². The van der Waals surface area contributed by atoms with Crippen LogP contribution in [-0.4, -0.2) is 7.05 Å². The summed E-state index contributed by atoms with van der Waals surface area (Å²) < 4.78 is 0. The zero-order chi connectivity index (χ0) is 14.0. The molecule has 2 aromatic carbocycles. The van der Waals surface area contributed by atoms with Gasteiger partial charge in [0.05, 0.1) is 0 Å². The number of anilines is 1. The summed E-state index contributed by atoms with van der Waals surface area (Å²) in [4.78, 5) is 2.15. The summed E-state index contributed by atoms with van der Waals surface area (Å²) in [5, 5.41) is 0. The van der Waals surface area contributed by atoms with Crippen molar-refractivity contribution >= 4 is 11.4 Å². The molecule has 0 saturated heterocycles. The van der Waals surface area contributed by atoms with Gasteiger partial charge in [0.1, 0.15) is 0 Å². The number of aryl methyl sites for hydroxylation is 3. The van der Waals surface area contributed by atoms with Crippen LogP contribution in [0.4, 0.5) is 5.69 Å². The predicted molar refractivity (Wildman–Crippen MR) is 84.5 cm³/mol. The van der Waals surface area contributed by atoms with E-state index in [4.69, 9.17) is 0 Å². The van der Waals surface area contributed by atoms with Gasteiger partial charge in [-0.2, -0.15) is 0 Å². The zero-order valence-electron chi connectivity index (χ0n) is 12.2. The lowest BCUT2D eigenvalue weighted by molar-refractivity contribution is 1.19. The van der Waals surface area contributed by atoms with Gasteiger partial charge in [-0.3, -0.25) is 0 Å². The van der Waals surface area contributed by atoms with E-state index < -0.39 is 0 Å². The van der Waals surface area contributed by atoms with Crippen LogP contribution in [0, 0.1) is 20.8 Å². The molecule has 2 aromatic rings. The molecule has 0 fully saturated rings. The van der Waals surface area contributed by atoms with Crippen LogP contribution in [0.15, 0.2) is 49.0 Å². The molecule has 98 valence electrons. The first-order chi connectivity index (χ1) is 8.99. The molecule has 0 N–H and O–H groups in total. The molecule has 0 aliphatic heterocycles. The quantitative estimate of drug-likeness (QED) is 0.763. The Hall–Kier alpha value is -2.02. The Balaban J connectivity index is 2.30. The fourth-order valence-electron chi connectivity index (χ4n) is 2.27. The molecular formula is C18H21N. The van der Waals surface area contributed by atoms with E-state index in [-0.39, 0.29) is 0 Å². The summed E-state index contributed by atoms with van der Waals surface area (Å²) >= 11 is 0. The highest BCUT2D eigenvalue weighted by Crippen LogP contribution is 2.27. The Kier molecular flexibility index (Phi) is 3.75. The third-order valence-corrected chi connectivity index (χ3v) is 3.50. The number of hydrogen-bond donors (Lipinski definition) is 0. The van der Waals surface area contributed by atoms with Gasteiger partial charge in [0, 0.05) is 18.4 Å². The lowest BCUT2D eigenvalue weighted by atomic mass is 10.1. The van der Waals surface area contributed by atoms with Gasteiger partial charge in [-0.1, -0.05) is 54.1 Å². The van der Waals surface area contributed by atoms with Crippen LogP contribution >= 0.6 is 0 Å². The Morgan fingerprint density at radius 1 is 0.895 bits per heavy atom. The van der Waals surface area contributed by atoms with Crippen LogP contribution in [0.2, 0.25) is 0 Å². The largest absolute Gasteiger partial charge is 0.344 e. The van der Waals surface area contributed by atoms with Crippen LogP contribution in [0.3, 0.4) is 0 Å². The summed E-state index contributed by atoms with van der Waals surface area (Å²) in [6, 6.07) is 15.0. The van der Waals surface area contributed by atoms with Gasteiger partial charge in [-0.05, 0) is 38.0 Å². The van der Waals surface area contributed by atoms with Crippen molar-refractivity contribution in [2.45, 2.75) is 20.8 Å². The summed E-state index contributed by atoms with van der Waals surface area (Å²) in [6.45, 7) is 10.6. The summed E-state index contributed by atoms with van der Waals surface area (Å²) in [7, 11) is 2.07. The van der Waals surface area contributed by atoms with Gasteiger partial charge in [0.2, 0.25) is 0 Å². The Morgan fingerprint density at radius 2 is 1.47 bits per heavy atom. The van der Waals surface area contributed by atoms with Crippen LogP contribution in [0.5, 0.6) is 0 Å². The van der Waals surface area contributed by atoms with Crippen molar-refractivity contribution < 1.29 is 0 Å². The molecule has 0 radical (unpaired) electrons. The van der Waals surface area contributed by atoms with Crippen molar-refractivity contribution in [3.63, 3.8) is 0 Å². The second kappa shape index (κ2) is 5.31. The van der Waals surface area contributed by atoms with Gasteiger partial charge in [0.15, 0.2) is 0 Å². The van der Waals surface area contributed by atoms with Gasteiger partial charge in [0.25, 0.3) is 0 Å². The number of rotatable bonds is 3. The van der Waals surface area contributed by atoms with Crippen molar-refractivity contribution in [2.24, 2.45) is 0 Å². The first kappa shape index (κ1) is 13.4. The summed E-state index contributed by atoms with van der Waals surface area (Å²) in [5.74, 6) is 0. The van der Waals surface area contributed by atoms with Crippen molar-refractivity contribution in [2.75, 3.05) is 11.9 Å². The molecule has 1 nitrogen and oxygen atoms in total. The SMILES string of the molecule is C=C(c1ccc(C)cc1)N(C)c1ccc(C)cc1C. The fraction of sp³-hybridized carbons (Fsp3) is 0.222. The highest BCUT2D eigenvalue weighted by molar-refractivity contribution is 5.78. The molecule has 0 unspecified atom stereocenters. The highest BCUT2D eigenvalue weighted by atomic mass is 15.1. The molecule has 0 heterocycles. The third-order valence-electron chi connectivity index (χ3n) is 3.50. The van der Waals surface area contributed by atoms with Crippen molar-refractivity contribution in [1.82, 2.24) is 0 Å². The smallest absolute Gasteiger partial charge is 0.0437 e. The number of benzene rings is 2. The van der Waals surface area contributed by atoms with Gasteiger partial charge in [-0.25, -0.2) is 0 Å². The minimum Gasteiger partial charge on any atom is -0.344 e. The van der Waals surface area contributed by atoms with Gasteiger partial charge >= 0.3 is 0 Å². The molecule has 0 spiro atoms. The molecule has 0 aliphatic carbocycles. The first-order valence-electron chi connectivity index (χ1n) is 6.56. The monoisotopic (exact) mass is 251 g/mol. The lowest BCUT2D eigenvalue weighted by Gasteiger charge is -2.24. The maximum atomic E-state index is 4.22. The number of nitrogens with zero attached hydrogens (tertiary/aromatic N) is 1. The average Bonchev–Trinajstić information content (AvgIpc) is 2.38. The Bertz CT molecular complexity index is 594. The molecule has 0 atom stereocenters. The summed E-state index contributed by atoms with van der Waals surface area (Å²) in [5.41, 5.74) is 7.22. The van der Waals surface area contributed by atoms with E-state index >= 15 is 0 Å². The molecule has 0 saturated carbocycles. The van der Waals surface area contributed by atoms with Gasteiger partial charge in [-0.15, -0.1) is 0 Å². The van der Waals surface area contributed by atoms with E-state index in [0.717, 1.165) is 11.3 Å². The molecule has 0 aliphatic rings. The molecule has 0 aromatic heterocycles. The minimum absolute atomic E-state index is 1.02. The van der Waals surface area contributed by atoms with Crippen LogP contribution in [-0.2, 0) is 0 Å². The first-order valence-corrected chi connectivity index (χ1v) is 6.56. The maximum absolute atomic E-state index is 4.22. The molecule has 19 heavy (non-hydrogen) atoms. The van der Waals surface area contributed by atoms with E-state index in [1.165, 1.54) is 22.4 Å². The molecule has 0 bridgehead atoms. The predicted octanol–water partition coefficient (Wildman–Crippen LogP) is 4.72. The van der Waals surface area contributed by atoms with Crippen molar-refractivity contribution in [1.29, 1.82) is 0 Å². The molecule has 1 heteroatoms. The zero-order valence-corrected chi connectivity index (χ0v) is 12.2. The van der Waals surface area contributed by atoms with Crippen LogP contribution < -0.4 is 4.90 Å². The average molecular weight is 251 g/mol. The molecule has 0 amide bonds. The number of hydrogen-bond acceptors (Lipinski definition) is 1. The third kappa shape index (κ3) is 2.87. The normalized spacial score (nSPS) is 10.3. The summed E-state index contributed by atoms with van der Waals surface area (Å²) in [6.07, 6.45) is 0. The standard InChI is InChI=1S/C18H21N/c1-13-6-9-17(10-7-13)16(4)19(5)18-11-8-14(2)12-15(18)3/h6-12H,4H2,1-3,5H3. The maximum Gasteiger partial charge on any atom is 0.0437 e. The Labute approximate surface area is 116 Å². The van der Waals surface area contributed by atoms with Crippen molar-refractivity contribution in [3.05, 3.63) is 71.3 Å². The van der Waals surface area contributed by atoms with E-state index in [9.17, 15) is 0 Å². The van der Waals surface area contributed by atoms with E-state index in [1.54, 1.807) is 0 Å². The Morgan fingerprint density at radius 3 is 2.05 bits per heavy atom.